The van der Waals surface area contributed by atoms with E-state index in [0.29, 0.717) is 12.1 Å². The van der Waals surface area contributed by atoms with Crippen molar-refractivity contribution in [3.8, 4) is 0 Å². The average molecular weight is 284 g/mol. The summed E-state index contributed by atoms with van der Waals surface area (Å²) in [6, 6.07) is 15.4. The van der Waals surface area contributed by atoms with Crippen molar-refractivity contribution in [2.24, 2.45) is 5.73 Å². The van der Waals surface area contributed by atoms with Crippen LogP contribution in [0, 0.1) is 0 Å². The second-order valence-electron chi connectivity index (χ2n) is 4.94. The normalized spacial score (nSPS) is 10.3. The highest BCUT2D eigenvalue weighted by Gasteiger charge is 2.00. The lowest BCUT2D eigenvalue weighted by Crippen LogP contribution is -2.10. The number of nitrogens with one attached hydrogen (secondary N) is 1. The molecule has 4 nitrogen and oxygen atoms in total. The van der Waals surface area contributed by atoms with Crippen molar-refractivity contribution in [2.45, 2.75) is 19.4 Å². The Balaban J connectivity index is 1.94. The number of primary amides is 1. The molecule has 2 aromatic rings. The number of aliphatic hydroxyl groups is 1. The first-order chi connectivity index (χ1) is 10.2. The third-order valence-corrected chi connectivity index (χ3v) is 3.29. The number of benzene rings is 2. The predicted molar refractivity (Wildman–Crippen MR) is 84.1 cm³/mol. The van der Waals surface area contributed by atoms with Crippen LogP contribution in [0.2, 0.25) is 0 Å². The minimum Gasteiger partial charge on any atom is -0.396 e. The van der Waals surface area contributed by atoms with Crippen molar-refractivity contribution >= 4 is 11.6 Å². The molecule has 0 aliphatic carbocycles. The highest BCUT2D eigenvalue weighted by molar-refractivity contribution is 5.92. The van der Waals surface area contributed by atoms with E-state index in [1.54, 1.807) is 12.1 Å². The molecular formula is C17H20N2O2. The fourth-order valence-corrected chi connectivity index (χ4v) is 2.11. The van der Waals surface area contributed by atoms with Gasteiger partial charge in [-0.1, -0.05) is 24.3 Å². The van der Waals surface area contributed by atoms with Crippen molar-refractivity contribution in [1.82, 2.24) is 0 Å². The molecule has 0 aromatic heterocycles. The molecule has 0 atom stereocenters. The summed E-state index contributed by atoms with van der Waals surface area (Å²) in [4.78, 5) is 11.0. The molecule has 110 valence electrons. The Bertz CT molecular complexity index is 594. The van der Waals surface area contributed by atoms with Gasteiger partial charge >= 0.3 is 0 Å². The van der Waals surface area contributed by atoms with E-state index < -0.39 is 5.91 Å². The standard InChI is InChI=1S/C17H20N2O2/c18-17(21)15-8-6-14(7-9-15)12-19-16-5-1-3-13(11-16)4-2-10-20/h1,3,5-9,11,19-20H,2,4,10,12H2,(H2,18,21). The van der Waals surface area contributed by atoms with Crippen LogP contribution in [0.5, 0.6) is 0 Å². The molecule has 1 amide bonds. The second kappa shape index (κ2) is 7.45. The van der Waals surface area contributed by atoms with Gasteiger partial charge in [-0.3, -0.25) is 4.79 Å². The Hall–Kier alpha value is -2.33. The van der Waals surface area contributed by atoms with Crippen LogP contribution in [-0.2, 0) is 13.0 Å². The van der Waals surface area contributed by atoms with Gasteiger partial charge in [0, 0.05) is 24.4 Å². The predicted octanol–water partition coefficient (Wildman–Crippen LogP) is 2.32. The van der Waals surface area contributed by atoms with E-state index in [4.69, 9.17) is 10.8 Å². The maximum absolute atomic E-state index is 11.0. The van der Waals surface area contributed by atoms with Crippen LogP contribution in [0.1, 0.15) is 27.9 Å². The van der Waals surface area contributed by atoms with Crippen molar-refractivity contribution in [1.29, 1.82) is 0 Å². The van der Waals surface area contributed by atoms with E-state index in [9.17, 15) is 4.79 Å². The first-order valence-electron chi connectivity index (χ1n) is 7.01. The molecule has 4 N–H and O–H groups in total. The van der Waals surface area contributed by atoms with Gasteiger partial charge in [0.05, 0.1) is 0 Å². The number of hydrogen-bond acceptors (Lipinski definition) is 3. The third-order valence-electron chi connectivity index (χ3n) is 3.29. The Morgan fingerprint density at radius 2 is 1.86 bits per heavy atom. The minimum atomic E-state index is -0.411. The largest absolute Gasteiger partial charge is 0.396 e. The number of nitrogens with two attached hydrogens (primary N) is 1. The molecule has 0 saturated heterocycles. The summed E-state index contributed by atoms with van der Waals surface area (Å²) in [7, 11) is 0. The van der Waals surface area contributed by atoms with Crippen LogP contribution < -0.4 is 11.1 Å². The molecule has 0 fully saturated rings. The van der Waals surface area contributed by atoms with Crippen molar-refractivity contribution in [3.63, 3.8) is 0 Å². The first kappa shape index (κ1) is 15.1. The number of anilines is 1. The van der Waals surface area contributed by atoms with Gasteiger partial charge in [-0.2, -0.15) is 0 Å². The molecule has 0 unspecified atom stereocenters. The van der Waals surface area contributed by atoms with E-state index >= 15 is 0 Å². The Kier molecular flexibility index (Phi) is 5.35. The monoisotopic (exact) mass is 284 g/mol. The van der Waals surface area contributed by atoms with Crippen LogP contribution in [-0.4, -0.2) is 17.6 Å². The van der Waals surface area contributed by atoms with Crippen molar-refractivity contribution in [2.75, 3.05) is 11.9 Å². The zero-order valence-corrected chi connectivity index (χ0v) is 11.9. The summed E-state index contributed by atoms with van der Waals surface area (Å²) < 4.78 is 0. The van der Waals surface area contributed by atoms with Crippen molar-refractivity contribution in [3.05, 3.63) is 65.2 Å². The number of aryl methyl sites for hydroxylation is 1. The van der Waals surface area contributed by atoms with Gasteiger partial charge in [-0.15, -0.1) is 0 Å². The van der Waals surface area contributed by atoms with Gasteiger partial charge in [-0.05, 0) is 48.2 Å². The molecule has 0 saturated carbocycles. The van der Waals surface area contributed by atoms with Crippen LogP contribution in [0.3, 0.4) is 0 Å². The Morgan fingerprint density at radius 3 is 2.52 bits per heavy atom. The van der Waals surface area contributed by atoms with E-state index in [-0.39, 0.29) is 6.61 Å². The van der Waals surface area contributed by atoms with E-state index in [1.165, 1.54) is 5.56 Å². The SMILES string of the molecule is NC(=O)c1ccc(CNc2cccc(CCCO)c2)cc1. The summed E-state index contributed by atoms with van der Waals surface area (Å²) in [6.07, 6.45) is 1.65. The summed E-state index contributed by atoms with van der Waals surface area (Å²) in [6.45, 7) is 0.895. The zero-order valence-electron chi connectivity index (χ0n) is 11.9. The lowest BCUT2D eigenvalue weighted by molar-refractivity contribution is 0.100. The zero-order chi connectivity index (χ0) is 15.1. The minimum absolute atomic E-state index is 0.212. The molecule has 2 aromatic carbocycles. The second-order valence-corrected chi connectivity index (χ2v) is 4.94. The first-order valence-corrected chi connectivity index (χ1v) is 7.01. The van der Waals surface area contributed by atoms with Crippen LogP contribution in [0.15, 0.2) is 48.5 Å². The molecular weight excluding hydrogens is 264 g/mol. The number of amides is 1. The Labute approximate surface area is 124 Å². The van der Waals surface area contributed by atoms with Crippen molar-refractivity contribution < 1.29 is 9.90 Å². The van der Waals surface area contributed by atoms with Crippen LogP contribution in [0.4, 0.5) is 5.69 Å². The topological polar surface area (TPSA) is 75.4 Å². The van der Waals surface area contributed by atoms with E-state index in [1.807, 2.05) is 24.3 Å². The van der Waals surface area contributed by atoms with Gasteiger partial charge in [0.2, 0.25) is 5.91 Å². The van der Waals surface area contributed by atoms with Gasteiger partial charge in [0.25, 0.3) is 0 Å². The highest BCUT2D eigenvalue weighted by atomic mass is 16.2. The maximum Gasteiger partial charge on any atom is 0.248 e. The van der Waals surface area contributed by atoms with Gasteiger partial charge in [-0.25, -0.2) is 0 Å². The summed E-state index contributed by atoms with van der Waals surface area (Å²) >= 11 is 0. The summed E-state index contributed by atoms with van der Waals surface area (Å²) in [5, 5.41) is 12.2. The van der Waals surface area contributed by atoms with Gasteiger partial charge < -0.3 is 16.2 Å². The molecule has 0 heterocycles. The number of aliphatic hydroxyl groups excluding tert-OH is 1. The van der Waals surface area contributed by atoms with Gasteiger partial charge in [0.15, 0.2) is 0 Å². The summed E-state index contributed by atoms with van der Waals surface area (Å²) in [5.74, 6) is -0.411. The average Bonchev–Trinajstić information content (AvgIpc) is 2.52. The molecule has 0 aliphatic rings. The lowest BCUT2D eigenvalue weighted by Gasteiger charge is -2.09. The smallest absolute Gasteiger partial charge is 0.248 e. The van der Waals surface area contributed by atoms with Gasteiger partial charge in [0.1, 0.15) is 0 Å². The lowest BCUT2D eigenvalue weighted by atomic mass is 10.1. The highest BCUT2D eigenvalue weighted by Crippen LogP contribution is 2.14. The Morgan fingerprint density at radius 1 is 1.10 bits per heavy atom. The molecule has 0 bridgehead atoms. The quantitative estimate of drug-likeness (QED) is 0.730. The molecule has 4 heteroatoms. The molecule has 0 radical (unpaired) electrons. The molecule has 21 heavy (non-hydrogen) atoms. The van der Waals surface area contributed by atoms with E-state index in [0.717, 1.165) is 24.1 Å². The third kappa shape index (κ3) is 4.61. The summed E-state index contributed by atoms with van der Waals surface area (Å²) in [5.41, 5.74) is 9.07. The molecule has 2 rings (SSSR count). The van der Waals surface area contributed by atoms with Crippen LogP contribution >= 0.6 is 0 Å². The fourth-order valence-electron chi connectivity index (χ4n) is 2.11. The number of carbonyl (C=O) groups is 1. The molecule has 0 spiro atoms. The number of rotatable bonds is 7. The molecule has 0 aliphatic heterocycles. The van der Waals surface area contributed by atoms with Crippen LogP contribution in [0.25, 0.3) is 0 Å². The fraction of sp³-hybridized carbons (Fsp3) is 0.235. The number of hydrogen-bond donors (Lipinski definition) is 3. The van der Waals surface area contributed by atoms with E-state index in [2.05, 4.69) is 17.4 Å². The number of carbonyl (C=O) groups excluding carboxylic acids is 1. The maximum atomic E-state index is 11.0.